The summed E-state index contributed by atoms with van der Waals surface area (Å²) in [6, 6.07) is 2.41. The highest BCUT2D eigenvalue weighted by atomic mass is 16.5. The fourth-order valence-corrected chi connectivity index (χ4v) is 2.76. The summed E-state index contributed by atoms with van der Waals surface area (Å²) >= 11 is 0. The second-order valence-corrected chi connectivity index (χ2v) is 5.51. The molecule has 0 radical (unpaired) electrons. The van der Waals surface area contributed by atoms with Gasteiger partial charge in [-0.15, -0.1) is 0 Å². The molecule has 0 aliphatic carbocycles. The first-order valence-corrected chi connectivity index (χ1v) is 6.65. The van der Waals surface area contributed by atoms with Crippen LogP contribution in [0.25, 0.3) is 0 Å². The van der Waals surface area contributed by atoms with E-state index in [9.17, 15) is 5.11 Å². The molecule has 2 aliphatic rings. The van der Waals surface area contributed by atoms with Crippen LogP contribution >= 0.6 is 0 Å². The molecule has 6 nitrogen and oxygen atoms in total. The second kappa shape index (κ2) is 4.93. The normalized spacial score (nSPS) is 23.8. The number of hydrogen-bond acceptors (Lipinski definition) is 5. The predicted molar refractivity (Wildman–Crippen MR) is 67.4 cm³/mol. The SMILES string of the molecule is N#Cc1cnn(C2CN(CC3(O)CCOCC3)C2)c1. The Bertz CT molecular complexity index is 481. The van der Waals surface area contributed by atoms with Crippen molar-refractivity contribution in [1.29, 1.82) is 5.26 Å². The van der Waals surface area contributed by atoms with Crippen molar-refractivity contribution in [2.45, 2.75) is 24.5 Å². The van der Waals surface area contributed by atoms with E-state index in [1.807, 2.05) is 4.68 Å². The van der Waals surface area contributed by atoms with Gasteiger partial charge in [-0.25, -0.2) is 0 Å². The minimum absolute atomic E-state index is 0.325. The molecule has 0 aromatic carbocycles. The van der Waals surface area contributed by atoms with Gasteiger partial charge in [0, 0.05) is 51.9 Å². The first-order valence-electron chi connectivity index (χ1n) is 6.65. The predicted octanol–water partition coefficient (Wildman–Crippen LogP) is 0.153. The maximum absolute atomic E-state index is 10.4. The maximum atomic E-state index is 10.4. The molecule has 0 bridgehead atoms. The molecule has 0 spiro atoms. The third-order valence-electron chi connectivity index (χ3n) is 3.98. The van der Waals surface area contributed by atoms with Crippen molar-refractivity contribution in [3.63, 3.8) is 0 Å². The van der Waals surface area contributed by atoms with Gasteiger partial charge in [0.05, 0.1) is 23.4 Å². The van der Waals surface area contributed by atoms with Gasteiger partial charge in [-0.1, -0.05) is 0 Å². The van der Waals surface area contributed by atoms with Gasteiger partial charge in [0.25, 0.3) is 0 Å². The van der Waals surface area contributed by atoms with E-state index in [2.05, 4.69) is 16.1 Å². The van der Waals surface area contributed by atoms with Crippen molar-refractivity contribution < 1.29 is 9.84 Å². The molecule has 3 heterocycles. The molecule has 0 atom stereocenters. The van der Waals surface area contributed by atoms with Crippen LogP contribution in [0.2, 0.25) is 0 Å². The summed E-state index contributed by atoms with van der Waals surface area (Å²) in [4.78, 5) is 2.24. The lowest BCUT2D eigenvalue weighted by molar-refractivity contribution is -0.0937. The molecule has 1 aromatic rings. The monoisotopic (exact) mass is 262 g/mol. The van der Waals surface area contributed by atoms with Crippen LogP contribution in [-0.4, -0.2) is 58.2 Å². The maximum Gasteiger partial charge on any atom is 0.102 e. The zero-order valence-electron chi connectivity index (χ0n) is 10.8. The third-order valence-corrected chi connectivity index (χ3v) is 3.98. The quantitative estimate of drug-likeness (QED) is 0.839. The van der Waals surface area contributed by atoms with E-state index < -0.39 is 5.60 Å². The van der Waals surface area contributed by atoms with Gasteiger partial charge in [0.15, 0.2) is 0 Å². The standard InChI is InChI=1S/C13H18N4O2/c14-5-11-6-15-17(7-11)12-8-16(9-12)10-13(18)1-3-19-4-2-13/h6-7,12,18H,1-4,8-10H2. The van der Waals surface area contributed by atoms with Crippen molar-refractivity contribution in [3.05, 3.63) is 18.0 Å². The van der Waals surface area contributed by atoms with E-state index in [1.165, 1.54) is 0 Å². The highest BCUT2D eigenvalue weighted by Crippen LogP contribution is 2.27. The number of nitrogens with zero attached hydrogens (tertiary/aromatic N) is 4. The van der Waals surface area contributed by atoms with Crippen molar-refractivity contribution in [2.75, 3.05) is 32.8 Å². The van der Waals surface area contributed by atoms with Gasteiger partial charge in [-0.3, -0.25) is 9.58 Å². The number of β-amino-alcohol motifs (C(OH)–C–C–N with tert-alkyl or cyclic N) is 1. The van der Waals surface area contributed by atoms with Gasteiger partial charge in [0.1, 0.15) is 6.07 Å². The summed E-state index contributed by atoms with van der Waals surface area (Å²) in [7, 11) is 0. The van der Waals surface area contributed by atoms with Crippen LogP contribution in [0.1, 0.15) is 24.4 Å². The van der Waals surface area contributed by atoms with Gasteiger partial charge < -0.3 is 9.84 Å². The van der Waals surface area contributed by atoms with E-state index in [1.54, 1.807) is 12.4 Å². The number of aromatic nitrogens is 2. The number of hydrogen-bond donors (Lipinski definition) is 1. The summed E-state index contributed by atoms with van der Waals surface area (Å²) < 4.78 is 7.13. The summed E-state index contributed by atoms with van der Waals surface area (Å²) in [5.41, 5.74) is 0.00651. The van der Waals surface area contributed by atoms with Crippen molar-refractivity contribution in [3.8, 4) is 6.07 Å². The lowest BCUT2D eigenvalue weighted by atomic mass is 9.92. The van der Waals surface area contributed by atoms with Gasteiger partial charge in [-0.05, 0) is 0 Å². The fraction of sp³-hybridized carbons (Fsp3) is 0.692. The van der Waals surface area contributed by atoms with Crippen molar-refractivity contribution in [2.24, 2.45) is 0 Å². The molecule has 102 valence electrons. The van der Waals surface area contributed by atoms with Crippen molar-refractivity contribution >= 4 is 0 Å². The van der Waals surface area contributed by atoms with E-state index in [-0.39, 0.29) is 0 Å². The number of rotatable bonds is 3. The second-order valence-electron chi connectivity index (χ2n) is 5.51. The van der Waals surface area contributed by atoms with E-state index in [0.717, 1.165) is 13.1 Å². The Kier molecular flexibility index (Phi) is 3.27. The molecular formula is C13H18N4O2. The number of ether oxygens (including phenoxy) is 1. The lowest BCUT2D eigenvalue weighted by Gasteiger charge is -2.44. The molecule has 2 saturated heterocycles. The van der Waals surface area contributed by atoms with E-state index in [0.29, 0.717) is 44.2 Å². The smallest absolute Gasteiger partial charge is 0.102 e. The van der Waals surface area contributed by atoms with Crippen LogP contribution in [0, 0.1) is 11.3 Å². The van der Waals surface area contributed by atoms with Crippen LogP contribution in [0.4, 0.5) is 0 Å². The zero-order valence-corrected chi connectivity index (χ0v) is 10.8. The molecule has 1 N–H and O–H groups in total. The summed E-state index contributed by atoms with van der Waals surface area (Å²) in [5.74, 6) is 0. The number of nitriles is 1. The van der Waals surface area contributed by atoms with Crippen LogP contribution < -0.4 is 0 Å². The Labute approximate surface area is 112 Å². The molecule has 1 aromatic heterocycles. The minimum Gasteiger partial charge on any atom is -0.388 e. The highest BCUT2D eigenvalue weighted by molar-refractivity contribution is 5.22. The molecule has 2 aliphatic heterocycles. The lowest BCUT2D eigenvalue weighted by Crippen LogP contribution is -2.55. The Hall–Kier alpha value is -1.42. The summed E-state index contributed by atoms with van der Waals surface area (Å²) in [6.45, 7) is 3.78. The molecule has 2 fully saturated rings. The Morgan fingerprint density at radius 3 is 2.84 bits per heavy atom. The Morgan fingerprint density at radius 2 is 2.21 bits per heavy atom. The number of aliphatic hydroxyl groups is 1. The van der Waals surface area contributed by atoms with Crippen LogP contribution in [-0.2, 0) is 4.74 Å². The Morgan fingerprint density at radius 1 is 1.47 bits per heavy atom. The summed E-state index contributed by atoms with van der Waals surface area (Å²) in [6.07, 6.45) is 4.81. The zero-order chi connectivity index (χ0) is 13.3. The molecule has 6 heteroatoms. The molecule has 0 saturated carbocycles. The molecule has 19 heavy (non-hydrogen) atoms. The van der Waals surface area contributed by atoms with Gasteiger partial charge in [-0.2, -0.15) is 10.4 Å². The van der Waals surface area contributed by atoms with Crippen LogP contribution in [0.15, 0.2) is 12.4 Å². The van der Waals surface area contributed by atoms with E-state index in [4.69, 9.17) is 10.00 Å². The highest BCUT2D eigenvalue weighted by Gasteiger charge is 2.37. The first-order chi connectivity index (χ1) is 9.18. The van der Waals surface area contributed by atoms with E-state index >= 15 is 0 Å². The van der Waals surface area contributed by atoms with Gasteiger partial charge >= 0.3 is 0 Å². The fourth-order valence-electron chi connectivity index (χ4n) is 2.76. The average molecular weight is 262 g/mol. The minimum atomic E-state index is -0.592. The number of likely N-dealkylation sites (tertiary alicyclic amines) is 1. The van der Waals surface area contributed by atoms with Crippen LogP contribution in [0.3, 0.4) is 0 Å². The topological polar surface area (TPSA) is 74.3 Å². The first kappa shape index (κ1) is 12.6. The molecule has 0 unspecified atom stereocenters. The Balaban J connectivity index is 1.51. The molecular weight excluding hydrogens is 244 g/mol. The largest absolute Gasteiger partial charge is 0.388 e. The average Bonchev–Trinajstić information content (AvgIpc) is 2.82. The summed E-state index contributed by atoms with van der Waals surface area (Å²) in [5, 5.41) is 23.4. The third kappa shape index (κ3) is 2.63. The van der Waals surface area contributed by atoms with Gasteiger partial charge in [0.2, 0.25) is 0 Å². The van der Waals surface area contributed by atoms with Crippen LogP contribution in [0.5, 0.6) is 0 Å². The van der Waals surface area contributed by atoms with Crippen molar-refractivity contribution in [1.82, 2.24) is 14.7 Å². The molecule has 3 rings (SSSR count). The molecule has 0 amide bonds.